The van der Waals surface area contributed by atoms with E-state index in [-0.39, 0.29) is 5.91 Å². The van der Waals surface area contributed by atoms with Crippen molar-refractivity contribution in [3.05, 3.63) is 78.0 Å². The molecule has 1 aromatic heterocycles. The Bertz CT molecular complexity index is 926. The van der Waals surface area contributed by atoms with Crippen molar-refractivity contribution in [3.63, 3.8) is 0 Å². The zero-order chi connectivity index (χ0) is 20.6. The number of hydrogen-bond donors (Lipinski definition) is 1. The van der Waals surface area contributed by atoms with Gasteiger partial charge in [0, 0.05) is 31.3 Å². The van der Waals surface area contributed by atoms with Crippen LogP contribution in [-0.4, -0.2) is 33.9 Å². The van der Waals surface area contributed by atoms with Crippen molar-refractivity contribution in [3.8, 4) is 11.4 Å². The maximum Gasteiger partial charge on any atom is 0.272 e. The topological polar surface area (TPSA) is 58.1 Å². The largest absolute Gasteiger partial charge is 0.370 e. The lowest BCUT2D eigenvalue weighted by Gasteiger charge is -2.21. The second-order valence-corrected chi connectivity index (χ2v) is 7.41. The van der Waals surface area contributed by atoms with Crippen LogP contribution in [0.2, 0.25) is 0 Å². The summed E-state index contributed by atoms with van der Waals surface area (Å²) < 4.78 is 0. The number of benzene rings is 2. The lowest BCUT2D eigenvalue weighted by molar-refractivity contribution is 0.0746. The molecule has 3 rings (SSSR count). The predicted molar refractivity (Wildman–Crippen MR) is 118 cm³/mol. The second-order valence-electron chi connectivity index (χ2n) is 7.41. The molecule has 0 aliphatic heterocycles. The van der Waals surface area contributed by atoms with E-state index in [1.54, 1.807) is 11.0 Å². The first-order valence-corrected chi connectivity index (χ1v) is 10.1. The van der Waals surface area contributed by atoms with Gasteiger partial charge in [0.25, 0.3) is 5.91 Å². The number of carbonyl (C=O) groups excluding carboxylic acids is 1. The van der Waals surface area contributed by atoms with E-state index in [0.29, 0.717) is 36.3 Å². The van der Waals surface area contributed by atoms with Crippen molar-refractivity contribution >= 4 is 11.7 Å². The van der Waals surface area contributed by atoms with E-state index in [1.165, 1.54) is 0 Å². The van der Waals surface area contributed by atoms with Gasteiger partial charge in [-0.1, -0.05) is 74.5 Å². The standard InChI is InChI=1S/C24H28N4O/c1-4-28(17-19-11-7-5-8-12-19)24(29)21-15-22(25-16-18(2)3)27-23(26-21)20-13-9-6-10-14-20/h5-15,18H,4,16-17H2,1-3H3,(H,25,26,27). The van der Waals surface area contributed by atoms with Crippen LogP contribution in [0.25, 0.3) is 11.4 Å². The predicted octanol–water partition coefficient (Wildman–Crippen LogP) is 4.87. The average molecular weight is 389 g/mol. The van der Waals surface area contributed by atoms with Crippen LogP contribution in [0.1, 0.15) is 36.8 Å². The van der Waals surface area contributed by atoms with Crippen LogP contribution >= 0.6 is 0 Å². The number of nitrogens with one attached hydrogen (secondary N) is 1. The molecule has 5 heteroatoms. The number of aromatic nitrogens is 2. The summed E-state index contributed by atoms with van der Waals surface area (Å²) in [5.41, 5.74) is 2.39. The van der Waals surface area contributed by atoms with E-state index < -0.39 is 0 Å². The van der Waals surface area contributed by atoms with E-state index in [4.69, 9.17) is 0 Å². The third-order valence-electron chi connectivity index (χ3n) is 4.55. The van der Waals surface area contributed by atoms with Crippen LogP contribution in [0.15, 0.2) is 66.7 Å². The molecule has 0 aliphatic carbocycles. The fourth-order valence-corrected chi connectivity index (χ4v) is 2.97. The molecule has 0 saturated heterocycles. The molecule has 0 unspecified atom stereocenters. The fraction of sp³-hybridized carbons (Fsp3) is 0.292. The quantitative estimate of drug-likeness (QED) is 0.598. The van der Waals surface area contributed by atoms with E-state index in [9.17, 15) is 4.79 Å². The van der Waals surface area contributed by atoms with Gasteiger partial charge >= 0.3 is 0 Å². The molecule has 1 heterocycles. The normalized spacial score (nSPS) is 10.8. The number of carbonyl (C=O) groups is 1. The van der Waals surface area contributed by atoms with Gasteiger partial charge in [0.15, 0.2) is 5.82 Å². The van der Waals surface area contributed by atoms with Crippen molar-refractivity contribution < 1.29 is 4.79 Å². The Morgan fingerprint density at radius 2 is 1.66 bits per heavy atom. The Hall–Kier alpha value is -3.21. The summed E-state index contributed by atoms with van der Waals surface area (Å²) in [4.78, 5) is 24.3. The molecule has 0 atom stereocenters. The molecule has 29 heavy (non-hydrogen) atoms. The van der Waals surface area contributed by atoms with Gasteiger partial charge in [-0.2, -0.15) is 0 Å². The number of nitrogens with zero attached hydrogens (tertiary/aromatic N) is 3. The summed E-state index contributed by atoms with van der Waals surface area (Å²) in [6, 6.07) is 21.5. The third kappa shape index (κ3) is 5.64. The van der Waals surface area contributed by atoms with Crippen molar-refractivity contribution in [2.75, 3.05) is 18.4 Å². The number of rotatable bonds is 8. The maximum atomic E-state index is 13.3. The third-order valence-corrected chi connectivity index (χ3v) is 4.55. The van der Waals surface area contributed by atoms with Gasteiger partial charge in [-0.3, -0.25) is 4.79 Å². The minimum atomic E-state index is -0.0940. The van der Waals surface area contributed by atoms with Gasteiger partial charge < -0.3 is 10.2 Å². The van der Waals surface area contributed by atoms with E-state index in [2.05, 4.69) is 29.1 Å². The van der Waals surface area contributed by atoms with Crippen molar-refractivity contribution in [1.82, 2.24) is 14.9 Å². The highest BCUT2D eigenvalue weighted by molar-refractivity contribution is 5.93. The SMILES string of the molecule is CCN(Cc1ccccc1)C(=O)c1cc(NCC(C)C)nc(-c2ccccc2)n1. The second kappa shape index (κ2) is 9.82. The van der Waals surface area contributed by atoms with Gasteiger partial charge in [0.1, 0.15) is 11.5 Å². The molecular formula is C24H28N4O. The maximum absolute atomic E-state index is 13.3. The van der Waals surface area contributed by atoms with Crippen LogP contribution in [0, 0.1) is 5.92 Å². The zero-order valence-electron chi connectivity index (χ0n) is 17.3. The molecule has 0 spiro atoms. The van der Waals surface area contributed by atoms with Crippen LogP contribution < -0.4 is 5.32 Å². The first-order valence-electron chi connectivity index (χ1n) is 10.1. The summed E-state index contributed by atoms with van der Waals surface area (Å²) in [6.45, 7) is 8.19. The molecule has 5 nitrogen and oxygen atoms in total. The molecular weight excluding hydrogens is 360 g/mol. The summed E-state index contributed by atoms with van der Waals surface area (Å²) in [5, 5.41) is 3.33. The summed E-state index contributed by atoms with van der Waals surface area (Å²) in [7, 11) is 0. The van der Waals surface area contributed by atoms with Gasteiger partial charge in [0.05, 0.1) is 0 Å². The average Bonchev–Trinajstić information content (AvgIpc) is 2.76. The smallest absolute Gasteiger partial charge is 0.272 e. The molecule has 1 amide bonds. The monoisotopic (exact) mass is 388 g/mol. The highest BCUT2D eigenvalue weighted by atomic mass is 16.2. The molecule has 0 radical (unpaired) electrons. The number of amides is 1. The van der Waals surface area contributed by atoms with Gasteiger partial charge in [-0.15, -0.1) is 0 Å². The number of hydrogen-bond acceptors (Lipinski definition) is 4. The Kier molecular flexibility index (Phi) is 6.95. The molecule has 0 bridgehead atoms. The molecule has 150 valence electrons. The van der Waals surface area contributed by atoms with Gasteiger partial charge in [-0.05, 0) is 18.4 Å². The molecule has 3 aromatic rings. The Balaban J connectivity index is 1.92. The van der Waals surface area contributed by atoms with Gasteiger partial charge in [0.2, 0.25) is 0 Å². The van der Waals surface area contributed by atoms with Crippen molar-refractivity contribution in [2.45, 2.75) is 27.3 Å². The first kappa shape index (κ1) is 20.5. The summed E-state index contributed by atoms with van der Waals surface area (Å²) in [6.07, 6.45) is 0. The molecule has 0 fully saturated rings. The molecule has 2 aromatic carbocycles. The number of anilines is 1. The van der Waals surface area contributed by atoms with E-state index in [1.807, 2.05) is 67.6 Å². The van der Waals surface area contributed by atoms with Crippen LogP contribution in [-0.2, 0) is 6.54 Å². The van der Waals surface area contributed by atoms with Crippen molar-refractivity contribution in [2.24, 2.45) is 5.92 Å². The first-order chi connectivity index (χ1) is 14.1. The molecule has 1 N–H and O–H groups in total. The van der Waals surface area contributed by atoms with Crippen LogP contribution in [0.3, 0.4) is 0 Å². The van der Waals surface area contributed by atoms with Crippen molar-refractivity contribution in [1.29, 1.82) is 0 Å². The van der Waals surface area contributed by atoms with Crippen LogP contribution in [0.4, 0.5) is 5.82 Å². The Morgan fingerprint density at radius 1 is 1.00 bits per heavy atom. The van der Waals surface area contributed by atoms with E-state index in [0.717, 1.165) is 17.7 Å². The Morgan fingerprint density at radius 3 is 2.28 bits per heavy atom. The lowest BCUT2D eigenvalue weighted by atomic mass is 10.2. The minimum absolute atomic E-state index is 0.0940. The minimum Gasteiger partial charge on any atom is -0.370 e. The Labute approximate surface area is 172 Å². The highest BCUT2D eigenvalue weighted by Gasteiger charge is 2.19. The molecule has 0 saturated carbocycles. The highest BCUT2D eigenvalue weighted by Crippen LogP contribution is 2.19. The molecule has 0 aliphatic rings. The van der Waals surface area contributed by atoms with Gasteiger partial charge in [-0.25, -0.2) is 9.97 Å². The fourth-order valence-electron chi connectivity index (χ4n) is 2.97. The lowest BCUT2D eigenvalue weighted by Crippen LogP contribution is -2.31. The van der Waals surface area contributed by atoms with Crippen LogP contribution in [0.5, 0.6) is 0 Å². The summed E-state index contributed by atoms with van der Waals surface area (Å²) in [5.74, 6) is 1.60. The zero-order valence-corrected chi connectivity index (χ0v) is 17.3. The van der Waals surface area contributed by atoms with E-state index >= 15 is 0 Å². The summed E-state index contributed by atoms with van der Waals surface area (Å²) >= 11 is 0.